The van der Waals surface area contributed by atoms with Gasteiger partial charge in [-0.15, -0.1) is 0 Å². The van der Waals surface area contributed by atoms with E-state index in [0.717, 1.165) is 6.42 Å². The number of allylic oxidation sites excluding steroid dienone is 1. The van der Waals surface area contributed by atoms with E-state index < -0.39 is 16.8 Å². The molecule has 2 atom stereocenters. The first kappa shape index (κ1) is 9.44. The zero-order valence-corrected chi connectivity index (χ0v) is 8.46. The van der Waals surface area contributed by atoms with E-state index in [1.165, 1.54) is 0 Å². The first-order valence-electron chi connectivity index (χ1n) is 4.82. The van der Waals surface area contributed by atoms with Crippen LogP contribution in [0.1, 0.15) is 26.7 Å². The maximum absolute atomic E-state index is 11.9. The lowest BCUT2D eigenvalue weighted by molar-refractivity contribution is -0.158. The van der Waals surface area contributed by atoms with Crippen molar-refractivity contribution in [3.63, 3.8) is 0 Å². The second-order valence-corrected chi connectivity index (χ2v) is 4.88. The molecule has 2 bridgehead atoms. The van der Waals surface area contributed by atoms with Gasteiger partial charge in [-0.1, -0.05) is 20.4 Å². The molecule has 76 valence electrons. The van der Waals surface area contributed by atoms with Gasteiger partial charge in [-0.3, -0.25) is 9.59 Å². The second-order valence-electron chi connectivity index (χ2n) is 4.88. The number of aliphatic carboxylic acids is 1. The normalized spacial score (nSPS) is 39.1. The minimum absolute atomic E-state index is 0.0612. The van der Waals surface area contributed by atoms with Gasteiger partial charge in [0, 0.05) is 0 Å². The quantitative estimate of drug-likeness (QED) is 0.510. The van der Waals surface area contributed by atoms with Crippen LogP contribution < -0.4 is 0 Å². The van der Waals surface area contributed by atoms with E-state index in [1.807, 2.05) is 13.8 Å². The van der Waals surface area contributed by atoms with Gasteiger partial charge in [0.05, 0.1) is 0 Å². The number of hydrogen-bond acceptors (Lipinski definition) is 2. The van der Waals surface area contributed by atoms with E-state index >= 15 is 0 Å². The number of ketones is 1. The number of hydrogen-bond donors (Lipinski definition) is 1. The van der Waals surface area contributed by atoms with Crippen molar-refractivity contribution in [3.8, 4) is 0 Å². The lowest BCUT2D eigenvalue weighted by Crippen LogP contribution is -2.43. The van der Waals surface area contributed by atoms with Crippen LogP contribution in [0.3, 0.4) is 0 Å². The molecule has 0 amide bonds. The Bertz CT molecular complexity index is 354. The minimum Gasteiger partial charge on any atom is -0.480 e. The second kappa shape index (κ2) is 2.27. The van der Waals surface area contributed by atoms with E-state index in [4.69, 9.17) is 0 Å². The van der Waals surface area contributed by atoms with Crippen molar-refractivity contribution in [1.82, 2.24) is 0 Å². The summed E-state index contributed by atoms with van der Waals surface area (Å²) in [6.45, 7) is 7.47. The van der Waals surface area contributed by atoms with E-state index in [1.54, 1.807) is 0 Å². The molecule has 0 radical (unpaired) electrons. The number of rotatable bonds is 1. The summed E-state index contributed by atoms with van der Waals surface area (Å²) in [5.41, 5.74) is -1.13. The van der Waals surface area contributed by atoms with E-state index in [0.29, 0.717) is 12.0 Å². The third-order valence-electron chi connectivity index (χ3n) is 4.24. The molecule has 2 aliphatic rings. The molecule has 1 N–H and O–H groups in total. The fourth-order valence-electron chi connectivity index (χ4n) is 3.27. The number of carboxylic acids is 1. The van der Waals surface area contributed by atoms with Crippen molar-refractivity contribution < 1.29 is 14.7 Å². The van der Waals surface area contributed by atoms with Gasteiger partial charge in [0.15, 0.2) is 5.78 Å². The number of Topliss-reactive ketones (excluding diaryl/α,β-unsaturated/α-hetero) is 1. The summed E-state index contributed by atoms with van der Waals surface area (Å²) >= 11 is 0. The molecule has 3 heteroatoms. The summed E-state index contributed by atoms with van der Waals surface area (Å²) in [6.07, 6.45) is 1.25. The average Bonchev–Trinajstić information content (AvgIpc) is 2.41. The molecule has 3 nitrogen and oxygen atoms in total. The van der Waals surface area contributed by atoms with Crippen LogP contribution >= 0.6 is 0 Å². The Balaban J connectivity index is 2.65. The molecule has 0 aromatic rings. The molecule has 2 rings (SSSR count). The van der Waals surface area contributed by atoms with Crippen LogP contribution in [0.25, 0.3) is 0 Å². The van der Waals surface area contributed by atoms with Gasteiger partial charge in [-0.25, -0.2) is 0 Å². The van der Waals surface area contributed by atoms with Gasteiger partial charge in [0.1, 0.15) is 5.41 Å². The summed E-state index contributed by atoms with van der Waals surface area (Å²) in [5, 5.41) is 9.25. The Morgan fingerprint density at radius 1 is 1.57 bits per heavy atom. The summed E-state index contributed by atoms with van der Waals surface area (Å²) in [6, 6.07) is 0. The van der Waals surface area contributed by atoms with Crippen molar-refractivity contribution in [3.05, 3.63) is 12.2 Å². The third-order valence-corrected chi connectivity index (χ3v) is 4.24. The summed E-state index contributed by atoms with van der Waals surface area (Å²) in [4.78, 5) is 23.2. The lowest BCUT2D eigenvalue weighted by atomic mass is 9.69. The smallest absolute Gasteiger partial charge is 0.318 e. The molecule has 0 aliphatic heterocycles. The Labute approximate surface area is 82.8 Å². The van der Waals surface area contributed by atoms with Gasteiger partial charge in [0.25, 0.3) is 0 Å². The van der Waals surface area contributed by atoms with Crippen molar-refractivity contribution in [2.75, 3.05) is 0 Å². The van der Waals surface area contributed by atoms with Crippen LogP contribution in [-0.2, 0) is 9.59 Å². The molecule has 2 fully saturated rings. The molecule has 2 saturated carbocycles. The molecule has 0 aromatic heterocycles. The lowest BCUT2D eigenvalue weighted by Gasteiger charge is -2.31. The van der Waals surface area contributed by atoms with Gasteiger partial charge in [-0.05, 0) is 29.7 Å². The Morgan fingerprint density at radius 3 is 2.43 bits per heavy atom. The Morgan fingerprint density at radius 2 is 2.14 bits per heavy atom. The van der Waals surface area contributed by atoms with Crippen molar-refractivity contribution in [1.29, 1.82) is 0 Å². The SMILES string of the molecule is C=C1C(=O)C2(C(=O)O)CCC1C2(C)C. The van der Waals surface area contributed by atoms with Gasteiger partial charge in [-0.2, -0.15) is 0 Å². The molecule has 2 aliphatic carbocycles. The van der Waals surface area contributed by atoms with Crippen molar-refractivity contribution in [2.24, 2.45) is 16.7 Å². The molecule has 0 heterocycles. The van der Waals surface area contributed by atoms with Crippen LogP contribution in [0.2, 0.25) is 0 Å². The molecular formula is C11H14O3. The first-order valence-corrected chi connectivity index (χ1v) is 4.82. The minimum atomic E-state index is -1.19. The fraction of sp³-hybridized carbons (Fsp3) is 0.636. The zero-order chi connectivity index (χ0) is 10.7. The highest BCUT2D eigenvalue weighted by atomic mass is 16.4. The molecule has 2 unspecified atom stereocenters. The van der Waals surface area contributed by atoms with Crippen molar-refractivity contribution in [2.45, 2.75) is 26.7 Å². The number of carbonyl (C=O) groups excluding carboxylic acids is 1. The van der Waals surface area contributed by atoms with E-state index in [2.05, 4.69) is 6.58 Å². The maximum atomic E-state index is 11.9. The van der Waals surface area contributed by atoms with Crippen LogP contribution in [-0.4, -0.2) is 16.9 Å². The van der Waals surface area contributed by atoms with Gasteiger partial charge in [0.2, 0.25) is 0 Å². The number of carbonyl (C=O) groups is 2. The fourth-order valence-corrected chi connectivity index (χ4v) is 3.27. The molecule has 14 heavy (non-hydrogen) atoms. The molecule has 0 saturated heterocycles. The summed E-state index contributed by atoms with van der Waals surface area (Å²) < 4.78 is 0. The van der Waals surface area contributed by atoms with Crippen LogP contribution in [0.15, 0.2) is 12.2 Å². The largest absolute Gasteiger partial charge is 0.480 e. The highest BCUT2D eigenvalue weighted by molar-refractivity contribution is 6.15. The van der Waals surface area contributed by atoms with Crippen LogP contribution in [0, 0.1) is 16.7 Å². The maximum Gasteiger partial charge on any atom is 0.318 e. The molecular weight excluding hydrogens is 180 g/mol. The molecule has 0 aromatic carbocycles. The third kappa shape index (κ3) is 0.668. The van der Waals surface area contributed by atoms with Crippen LogP contribution in [0.4, 0.5) is 0 Å². The van der Waals surface area contributed by atoms with Crippen LogP contribution in [0.5, 0.6) is 0 Å². The number of carboxylic acid groups (broad SMARTS) is 1. The predicted octanol–water partition coefficient (Wildman–Crippen LogP) is 1.63. The summed E-state index contributed by atoms with van der Waals surface area (Å²) in [5.74, 6) is -1.16. The predicted molar refractivity (Wildman–Crippen MR) is 50.7 cm³/mol. The Kier molecular flexibility index (Phi) is 1.53. The highest BCUT2D eigenvalue weighted by Gasteiger charge is 2.70. The van der Waals surface area contributed by atoms with E-state index in [-0.39, 0.29) is 11.7 Å². The molecule has 0 spiro atoms. The Hall–Kier alpha value is -1.12. The monoisotopic (exact) mass is 194 g/mol. The zero-order valence-electron chi connectivity index (χ0n) is 8.46. The highest BCUT2D eigenvalue weighted by Crippen LogP contribution is 2.65. The van der Waals surface area contributed by atoms with Gasteiger partial charge < -0.3 is 5.11 Å². The first-order chi connectivity index (χ1) is 6.35. The topological polar surface area (TPSA) is 54.4 Å². The number of fused-ring (bicyclic) bond motifs is 2. The average molecular weight is 194 g/mol. The standard InChI is InChI=1S/C11H14O3/c1-6-7-4-5-11(8(6)12,9(13)14)10(7,2)3/h7H,1,4-5H2,2-3H3,(H,13,14). The van der Waals surface area contributed by atoms with Gasteiger partial charge >= 0.3 is 5.97 Å². The van der Waals surface area contributed by atoms with Crippen molar-refractivity contribution >= 4 is 11.8 Å². The summed E-state index contributed by atoms with van der Waals surface area (Å²) in [7, 11) is 0. The van der Waals surface area contributed by atoms with E-state index in [9.17, 15) is 14.7 Å².